The van der Waals surface area contributed by atoms with Gasteiger partial charge < -0.3 is 9.84 Å². The van der Waals surface area contributed by atoms with Crippen molar-refractivity contribution in [3.63, 3.8) is 0 Å². The summed E-state index contributed by atoms with van der Waals surface area (Å²) in [7, 11) is 1.51. The van der Waals surface area contributed by atoms with Crippen LogP contribution in [0.4, 0.5) is 4.39 Å². The molecular formula is C16H15FO3. The summed E-state index contributed by atoms with van der Waals surface area (Å²) in [6.07, 6.45) is 0.288. The lowest BCUT2D eigenvalue weighted by molar-refractivity contribution is -0.138. The maximum atomic E-state index is 12.9. The van der Waals surface area contributed by atoms with Crippen LogP contribution in [0.5, 0.6) is 5.75 Å². The quantitative estimate of drug-likeness (QED) is 0.910. The van der Waals surface area contributed by atoms with Gasteiger partial charge in [0, 0.05) is 5.56 Å². The molecule has 0 unspecified atom stereocenters. The zero-order valence-electron chi connectivity index (χ0n) is 11.0. The number of carbonyl (C=O) groups is 1. The summed E-state index contributed by atoms with van der Waals surface area (Å²) in [5, 5.41) is 9.43. The van der Waals surface area contributed by atoms with Crippen molar-refractivity contribution in [2.45, 2.75) is 12.3 Å². The molecule has 0 saturated heterocycles. The highest BCUT2D eigenvalue weighted by Gasteiger charge is 2.23. The van der Waals surface area contributed by atoms with E-state index in [1.807, 2.05) is 0 Å². The van der Waals surface area contributed by atoms with Crippen LogP contribution in [0.2, 0.25) is 0 Å². The van der Waals surface area contributed by atoms with Gasteiger partial charge in [-0.05, 0) is 30.2 Å². The number of carboxylic acid groups (broad SMARTS) is 1. The number of benzene rings is 2. The van der Waals surface area contributed by atoms with E-state index in [-0.39, 0.29) is 12.2 Å². The van der Waals surface area contributed by atoms with Gasteiger partial charge >= 0.3 is 5.97 Å². The lowest BCUT2D eigenvalue weighted by atomic mass is 9.91. The first kappa shape index (κ1) is 14.1. The van der Waals surface area contributed by atoms with Crippen LogP contribution < -0.4 is 4.74 Å². The van der Waals surface area contributed by atoms with E-state index in [2.05, 4.69) is 0 Å². The van der Waals surface area contributed by atoms with Gasteiger partial charge in [-0.2, -0.15) is 0 Å². The Kier molecular flexibility index (Phi) is 4.35. The second-order valence-corrected chi connectivity index (χ2v) is 4.46. The molecule has 0 amide bonds. The average molecular weight is 274 g/mol. The zero-order chi connectivity index (χ0) is 14.5. The molecule has 0 fully saturated rings. The molecular weight excluding hydrogens is 259 g/mol. The Hall–Kier alpha value is -2.36. The topological polar surface area (TPSA) is 46.5 Å². The number of ether oxygens (including phenoxy) is 1. The van der Waals surface area contributed by atoms with Gasteiger partial charge in [0.15, 0.2) is 0 Å². The van der Waals surface area contributed by atoms with Crippen LogP contribution in [0.15, 0.2) is 48.5 Å². The Labute approximate surface area is 116 Å². The molecule has 104 valence electrons. The maximum Gasteiger partial charge on any atom is 0.311 e. The zero-order valence-corrected chi connectivity index (χ0v) is 11.0. The van der Waals surface area contributed by atoms with Crippen LogP contribution in [0, 0.1) is 5.82 Å². The molecule has 0 spiro atoms. The molecule has 0 radical (unpaired) electrons. The largest absolute Gasteiger partial charge is 0.496 e. The van der Waals surface area contributed by atoms with Gasteiger partial charge in [-0.15, -0.1) is 0 Å². The summed E-state index contributed by atoms with van der Waals surface area (Å²) in [5.74, 6) is -1.45. The predicted molar refractivity (Wildman–Crippen MR) is 73.5 cm³/mol. The number of aliphatic carboxylic acids is 1. The highest BCUT2D eigenvalue weighted by Crippen LogP contribution is 2.29. The summed E-state index contributed by atoms with van der Waals surface area (Å²) < 4.78 is 18.1. The Morgan fingerprint density at radius 2 is 1.85 bits per heavy atom. The highest BCUT2D eigenvalue weighted by molar-refractivity contribution is 5.77. The second-order valence-electron chi connectivity index (χ2n) is 4.46. The molecule has 2 aromatic rings. The fourth-order valence-electron chi connectivity index (χ4n) is 2.14. The van der Waals surface area contributed by atoms with E-state index in [0.717, 1.165) is 5.56 Å². The van der Waals surface area contributed by atoms with Crippen molar-refractivity contribution >= 4 is 5.97 Å². The number of halogens is 1. The fraction of sp³-hybridized carbons (Fsp3) is 0.188. The summed E-state index contributed by atoms with van der Waals surface area (Å²) in [5.41, 5.74) is 1.39. The van der Waals surface area contributed by atoms with Crippen molar-refractivity contribution in [1.82, 2.24) is 0 Å². The van der Waals surface area contributed by atoms with E-state index < -0.39 is 11.9 Å². The number of carboxylic acids is 1. The van der Waals surface area contributed by atoms with Crippen LogP contribution in [0.1, 0.15) is 17.0 Å². The van der Waals surface area contributed by atoms with Gasteiger partial charge in [0.2, 0.25) is 0 Å². The minimum Gasteiger partial charge on any atom is -0.496 e. The standard InChI is InChI=1S/C16H15FO3/c1-20-15-5-3-2-4-13(15)14(16(18)19)10-11-6-8-12(17)9-7-11/h2-9,14H,10H2,1H3,(H,18,19)/t14-/m1/s1. The molecule has 20 heavy (non-hydrogen) atoms. The maximum absolute atomic E-state index is 12.9. The summed E-state index contributed by atoms with van der Waals surface area (Å²) in [4.78, 5) is 11.5. The van der Waals surface area contributed by atoms with E-state index in [1.165, 1.54) is 19.2 Å². The number of hydrogen-bond donors (Lipinski definition) is 1. The molecule has 2 aromatic carbocycles. The molecule has 0 aliphatic heterocycles. The van der Waals surface area contributed by atoms with E-state index in [9.17, 15) is 14.3 Å². The Balaban J connectivity index is 2.32. The molecule has 2 rings (SSSR count). The third kappa shape index (κ3) is 3.15. The molecule has 0 aromatic heterocycles. The molecule has 0 saturated carbocycles. The predicted octanol–water partition coefficient (Wildman–Crippen LogP) is 3.25. The van der Waals surface area contributed by atoms with E-state index >= 15 is 0 Å². The molecule has 0 heterocycles. The molecule has 3 nitrogen and oxygen atoms in total. The van der Waals surface area contributed by atoms with Crippen LogP contribution in [0.3, 0.4) is 0 Å². The summed E-state index contributed by atoms with van der Waals surface area (Å²) in [6.45, 7) is 0. The first-order valence-corrected chi connectivity index (χ1v) is 6.22. The third-order valence-corrected chi connectivity index (χ3v) is 3.17. The number of methoxy groups -OCH3 is 1. The minimum atomic E-state index is -0.932. The van der Waals surface area contributed by atoms with Crippen LogP contribution in [0.25, 0.3) is 0 Å². The molecule has 0 bridgehead atoms. The highest BCUT2D eigenvalue weighted by atomic mass is 19.1. The number of rotatable bonds is 5. The van der Waals surface area contributed by atoms with E-state index in [0.29, 0.717) is 11.3 Å². The molecule has 1 atom stereocenters. The number of para-hydroxylation sites is 1. The third-order valence-electron chi connectivity index (χ3n) is 3.17. The average Bonchev–Trinajstić information content (AvgIpc) is 2.46. The minimum absolute atomic E-state index is 0.288. The van der Waals surface area contributed by atoms with Gasteiger partial charge in [-0.25, -0.2) is 4.39 Å². The lowest BCUT2D eigenvalue weighted by Crippen LogP contribution is -2.15. The van der Waals surface area contributed by atoms with Gasteiger partial charge in [-0.3, -0.25) is 4.79 Å². The van der Waals surface area contributed by atoms with E-state index in [1.54, 1.807) is 36.4 Å². The van der Waals surface area contributed by atoms with Crippen molar-refractivity contribution in [2.75, 3.05) is 7.11 Å². The first-order valence-electron chi connectivity index (χ1n) is 6.22. The normalized spacial score (nSPS) is 11.9. The van der Waals surface area contributed by atoms with Gasteiger partial charge in [0.05, 0.1) is 13.0 Å². The van der Waals surface area contributed by atoms with Gasteiger partial charge in [0.25, 0.3) is 0 Å². The molecule has 0 aliphatic carbocycles. The first-order chi connectivity index (χ1) is 9.61. The monoisotopic (exact) mass is 274 g/mol. The Bertz CT molecular complexity index is 593. The lowest BCUT2D eigenvalue weighted by Gasteiger charge is -2.16. The SMILES string of the molecule is COc1ccccc1[C@@H](Cc1ccc(F)cc1)C(=O)O. The van der Waals surface area contributed by atoms with Crippen molar-refractivity contribution in [3.05, 3.63) is 65.5 Å². The molecule has 1 N–H and O–H groups in total. The van der Waals surface area contributed by atoms with Crippen LogP contribution >= 0.6 is 0 Å². The smallest absolute Gasteiger partial charge is 0.311 e. The van der Waals surface area contributed by atoms with E-state index in [4.69, 9.17) is 4.74 Å². The molecule has 0 aliphatic rings. The van der Waals surface area contributed by atoms with Crippen LogP contribution in [-0.4, -0.2) is 18.2 Å². The van der Waals surface area contributed by atoms with Crippen molar-refractivity contribution in [1.29, 1.82) is 0 Å². The summed E-state index contributed by atoms with van der Waals surface area (Å²) in [6, 6.07) is 12.9. The Morgan fingerprint density at radius 1 is 1.20 bits per heavy atom. The van der Waals surface area contributed by atoms with Gasteiger partial charge in [-0.1, -0.05) is 30.3 Å². The van der Waals surface area contributed by atoms with Crippen molar-refractivity contribution < 1.29 is 19.0 Å². The second kappa shape index (κ2) is 6.19. The molecule has 4 heteroatoms. The van der Waals surface area contributed by atoms with Crippen molar-refractivity contribution in [2.24, 2.45) is 0 Å². The Morgan fingerprint density at radius 3 is 2.45 bits per heavy atom. The number of hydrogen-bond acceptors (Lipinski definition) is 2. The fourth-order valence-corrected chi connectivity index (χ4v) is 2.14. The van der Waals surface area contributed by atoms with Gasteiger partial charge in [0.1, 0.15) is 11.6 Å². The van der Waals surface area contributed by atoms with Crippen LogP contribution in [-0.2, 0) is 11.2 Å². The van der Waals surface area contributed by atoms with Crippen molar-refractivity contribution in [3.8, 4) is 5.75 Å². The summed E-state index contributed by atoms with van der Waals surface area (Å²) >= 11 is 0.